The van der Waals surface area contributed by atoms with Crippen molar-refractivity contribution in [3.8, 4) is 17.2 Å². The van der Waals surface area contributed by atoms with Gasteiger partial charge in [0, 0.05) is 28.3 Å². The minimum Gasteiger partial charge on any atom is -0.493 e. The molecule has 0 saturated heterocycles. The molecule has 0 heterocycles. The summed E-state index contributed by atoms with van der Waals surface area (Å²) in [6.07, 6.45) is 2.19. The molecule has 5 heteroatoms. The minimum atomic E-state index is -0.594. The Morgan fingerprint density at radius 1 is 0.852 bits per heavy atom. The van der Waals surface area contributed by atoms with Crippen LogP contribution in [0.4, 0.5) is 0 Å². The molecule has 136 valence electrons. The summed E-state index contributed by atoms with van der Waals surface area (Å²) in [6.45, 7) is 9.18. The zero-order valence-corrected chi connectivity index (χ0v) is 14.9. The van der Waals surface area contributed by atoms with Gasteiger partial charge in [-0.15, -0.1) is 0 Å². The lowest BCUT2D eigenvalue weighted by molar-refractivity contribution is -0.129. The van der Waals surface area contributed by atoms with Gasteiger partial charge < -0.3 is 14.2 Å². The molecule has 0 amide bonds. The van der Waals surface area contributed by atoms with Gasteiger partial charge in [0.2, 0.25) is 0 Å². The van der Waals surface area contributed by atoms with E-state index >= 15 is 0 Å². The van der Waals surface area contributed by atoms with Crippen LogP contribution in [0, 0.1) is 0 Å². The van der Waals surface area contributed by atoms with Crippen LogP contribution in [0.1, 0.15) is 6.92 Å². The minimum absolute atomic E-state index is 0.327. The van der Waals surface area contributed by atoms with Gasteiger partial charge in [0.25, 0.3) is 0 Å². The molecule has 0 aliphatic rings. The maximum atomic E-state index is 12.0. The average molecular weight is 362 g/mol. The fourth-order valence-electron chi connectivity index (χ4n) is 2.89. The number of carbonyl (C=O) groups is 2. The molecule has 0 fully saturated rings. The van der Waals surface area contributed by atoms with E-state index in [1.54, 1.807) is 30.3 Å². The van der Waals surface area contributed by atoms with Gasteiger partial charge in [-0.05, 0) is 13.0 Å². The summed E-state index contributed by atoms with van der Waals surface area (Å²) in [5.41, 5.74) is 0. The van der Waals surface area contributed by atoms with Crippen LogP contribution in [-0.4, -0.2) is 18.5 Å². The number of esters is 2. The number of benzene rings is 3. The molecular formula is C22H18O5. The molecule has 3 aromatic rings. The summed E-state index contributed by atoms with van der Waals surface area (Å²) in [5, 5.41) is 2.36. The van der Waals surface area contributed by atoms with E-state index in [1.807, 2.05) is 19.1 Å². The van der Waals surface area contributed by atoms with Gasteiger partial charge in [-0.25, -0.2) is 9.59 Å². The molecule has 0 spiro atoms. The van der Waals surface area contributed by atoms with Crippen molar-refractivity contribution >= 4 is 33.5 Å². The lowest BCUT2D eigenvalue weighted by Gasteiger charge is -2.17. The van der Waals surface area contributed by atoms with Crippen LogP contribution >= 0.6 is 0 Å². The molecule has 0 bridgehead atoms. The van der Waals surface area contributed by atoms with E-state index in [9.17, 15) is 9.59 Å². The van der Waals surface area contributed by atoms with Crippen LogP contribution in [0.25, 0.3) is 21.5 Å². The van der Waals surface area contributed by atoms with Crippen LogP contribution < -0.4 is 14.2 Å². The molecule has 0 radical (unpaired) electrons. The van der Waals surface area contributed by atoms with Gasteiger partial charge in [0.1, 0.15) is 11.5 Å². The summed E-state index contributed by atoms with van der Waals surface area (Å²) < 4.78 is 16.8. The highest BCUT2D eigenvalue weighted by molar-refractivity contribution is 6.15. The standard InChI is InChI=1S/C22H18O5/c1-4-18(23)26-21-14-10-7-8-11-15(14)22(27-19(24)5-2)20-16(21)12-9-13-17(20)25-6-3/h4-5,7-13H,1-2,6H2,3H3. The monoisotopic (exact) mass is 362 g/mol. The average Bonchev–Trinajstić information content (AvgIpc) is 2.70. The molecule has 0 unspecified atom stereocenters. The number of ether oxygens (including phenoxy) is 3. The van der Waals surface area contributed by atoms with Crippen LogP contribution in [0.2, 0.25) is 0 Å². The number of hydrogen-bond acceptors (Lipinski definition) is 5. The highest BCUT2D eigenvalue weighted by atomic mass is 16.5. The number of rotatable bonds is 6. The van der Waals surface area contributed by atoms with Crippen molar-refractivity contribution in [1.29, 1.82) is 0 Å². The highest BCUT2D eigenvalue weighted by Gasteiger charge is 2.21. The van der Waals surface area contributed by atoms with Gasteiger partial charge in [0.05, 0.1) is 12.0 Å². The second-order valence-electron chi connectivity index (χ2n) is 5.57. The zero-order chi connectivity index (χ0) is 19.4. The molecule has 0 saturated carbocycles. The van der Waals surface area contributed by atoms with E-state index in [0.29, 0.717) is 45.4 Å². The largest absolute Gasteiger partial charge is 0.493 e. The van der Waals surface area contributed by atoms with Crippen LogP contribution in [0.15, 0.2) is 67.8 Å². The Kier molecular flexibility index (Phi) is 5.22. The maximum absolute atomic E-state index is 12.0. The fraction of sp³-hybridized carbons (Fsp3) is 0.0909. The molecule has 0 aliphatic heterocycles. The highest BCUT2D eigenvalue weighted by Crippen LogP contribution is 2.46. The Morgan fingerprint density at radius 3 is 2.00 bits per heavy atom. The summed E-state index contributed by atoms with van der Waals surface area (Å²) in [6, 6.07) is 12.5. The third kappa shape index (κ3) is 3.40. The van der Waals surface area contributed by atoms with E-state index in [4.69, 9.17) is 14.2 Å². The lowest BCUT2D eigenvalue weighted by atomic mass is 9.99. The Balaban J connectivity index is 2.47. The summed E-state index contributed by atoms with van der Waals surface area (Å²) >= 11 is 0. The van der Waals surface area contributed by atoms with Crippen molar-refractivity contribution < 1.29 is 23.8 Å². The molecule has 5 nitrogen and oxygen atoms in total. The molecular weight excluding hydrogens is 344 g/mol. The van der Waals surface area contributed by atoms with Crippen LogP contribution in [-0.2, 0) is 9.59 Å². The van der Waals surface area contributed by atoms with Crippen molar-refractivity contribution in [2.75, 3.05) is 6.61 Å². The second kappa shape index (κ2) is 7.74. The molecule has 27 heavy (non-hydrogen) atoms. The second-order valence-corrected chi connectivity index (χ2v) is 5.57. The van der Waals surface area contributed by atoms with E-state index < -0.39 is 11.9 Å². The number of fused-ring (bicyclic) bond motifs is 2. The first-order chi connectivity index (χ1) is 13.1. The zero-order valence-electron chi connectivity index (χ0n) is 14.9. The van der Waals surface area contributed by atoms with Gasteiger partial charge in [-0.1, -0.05) is 49.6 Å². The van der Waals surface area contributed by atoms with Gasteiger partial charge in [0.15, 0.2) is 5.75 Å². The molecule has 0 N–H and O–H groups in total. The van der Waals surface area contributed by atoms with Crippen molar-refractivity contribution in [3.63, 3.8) is 0 Å². The Morgan fingerprint density at radius 2 is 1.41 bits per heavy atom. The number of hydrogen-bond donors (Lipinski definition) is 0. The van der Waals surface area contributed by atoms with Gasteiger partial charge in [-0.2, -0.15) is 0 Å². The smallest absolute Gasteiger partial charge is 0.335 e. The Bertz CT molecular complexity index is 1070. The molecule has 0 aliphatic carbocycles. The SMILES string of the molecule is C=CC(=O)Oc1c2ccccc2c(OC(=O)C=C)c2c(OCC)cccc12. The predicted octanol–water partition coefficient (Wildman–Crippen LogP) is 4.57. The van der Waals surface area contributed by atoms with E-state index in [0.717, 1.165) is 12.2 Å². The first kappa shape index (κ1) is 18.2. The Hall–Kier alpha value is -3.60. The summed E-state index contributed by atoms with van der Waals surface area (Å²) in [5.74, 6) is 0.0182. The molecule has 0 atom stereocenters. The fourth-order valence-corrected chi connectivity index (χ4v) is 2.89. The van der Waals surface area contributed by atoms with Crippen molar-refractivity contribution in [2.45, 2.75) is 6.92 Å². The quantitative estimate of drug-likeness (QED) is 0.278. The molecule has 3 aromatic carbocycles. The normalized spacial score (nSPS) is 10.4. The van der Waals surface area contributed by atoms with Crippen molar-refractivity contribution in [2.24, 2.45) is 0 Å². The van der Waals surface area contributed by atoms with Crippen molar-refractivity contribution in [3.05, 3.63) is 67.8 Å². The third-order valence-electron chi connectivity index (χ3n) is 3.95. The maximum Gasteiger partial charge on any atom is 0.335 e. The van der Waals surface area contributed by atoms with Gasteiger partial charge >= 0.3 is 11.9 Å². The van der Waals surface area contributed by atoms with Crippen molar-refractivity contribution in [1.82, 2.24) is 0 Å². The predicted molar refractivity (Wildman–Crippen MR) is 104 cm³/mol. The summed E-state index contributed by atoms with van der Waals surface area (Å²) in [7, 11) is 0. The molecule has 0 aromatic heterocycles. The van der Waals surface area contributed by atoms with E-state index in [2.05, 4.69) is 13.2 Å². The Labute approximate surface area is 156 Å². The number of carbonyl (C=O) groups excluding carboxylic acids is 2. The van der Waals surface area contributed by atoms with Crippen LogP contribution in [0.3, 0.4) is 0 Å². The lowest BCUT2D eigenvalue weighted by Crippen LogP contribution is -2.08. The van der Waals surface area contributed by atoms with E-state index in [-0.39, 0.29) is 0 Å². The molecule has 3 rings (SSSR count). The third-order valence-corrected chi connectivity index (χ3v) is 3.95. The van der Waals surface area contributed by atoms with Crippen LogP contribution in [0.5, 0.6) is 17.2 Å². The van der Waals surface area contributed by atoms with E-state index in [1.165, 1.54) is 0 Å². The first-order valence-corrected chi connectivity index (χ1v) is 8.39. The summed E-state index contributed by atoms with van der Waals surface area (Å²) in [4.78, 5) is 23.9. The first-order valence-electron chi connectivity index (χ1n) is 8.39. The van der Waals surface area contributed by atoms with Gasteiger partial charge in [-0.3, -0.25) is 0 Å². The topological polar surface area (TPSA) is 61.8 Å².